The summed E-state index contributed by atoms with van der Waals surface area (Å²) >= 11 is 18.6. The van der Waals surface area contributed by atoms with E-state index in [9.17, 15) is 19.2 Å². The summed E-state index contributed by atoms with van der Waals surface area (Å²) in [6, 6.07) is 16.4. The van der Waals surface area contributed by atoms with Crippen LogP contribution in [0.5, 0.6) is 0 Å². The average molecular weight is 746 g/mol. The monoisotopic (exact) mass is 744 g/mol. The SMILES string of the molecule is CC(=CNC(=O)CN(C(=O)OC(C)(C)C)c1ccccc1)C1C(=O)N(CC(=O)OCC(Cl)(Cl)Cl)C1SSc1nc2ccccc2s1. The predicted octanol–water partition coefficient (Wildman–Crippen LogP) is 7.20. The molecule has 3 aromatic rings. The first-order valence-electron chi connectivity index (χ1n) is 13.8. The molecule has 0 bridgehead atoms. The molecule has 3 amide bonds. The molecule has 2 aromatic carbocycles. The summed E-state index contributed by atoms with van der Waals surface area (Å²) in [7, 11) is 2.74. The van der Waals surface area contributed by atoms with Crippen LogP contribution in [-0.4, -0.2) is 68.2 Å². The van der Waals surface area contributed by atoms with E-state index in [1.807, 2.05) is 24.3 Å². The number of rotatable bonds is 11. The fourth-order valence-corrected chi connectivity index (χ4v) is 8.47. The number of para-hydroxylation sites is 2. The van der Waals surface area contributed by atoms with Gasteiger partial charge in [-0.25, -0.2) is 9.78 Å². The Morgan fingerprint density at radius 1 is 1.09 bits per heavy atom. The van der Waals surface area contributed by atoms with E-state index in [2.05, 4.69) is 10.3 Å². The molecule has 0 saturated carbocycles. The zero-order chi connectivity index (χ0) is 33.6. The largest absolute Gasteiger partial charge is 0.460 e. The van der Waals surface area contributed by atoms with E-state index >= 15 is 0 Å². The molecule has 1 aliphatic heterocycles. The molecule has 2 unspecified atom stereocenters. The van der Waals surface area contributed by atoms with Crippen LogP contribution < -0.4 is 10.2 Å². The fraction of sp³-hybridized carbons (Fsp3) is 0.367. The van der Waals surface area contributed by atoms with Gasteiger partial charge in [-0.2, -0.15) is 0 Å². The van der Waals surface area contributed by atoms with Crippen LogP contribution in [0.2, 0.25) is 0 Å². The van der Waals surface area contributed by atoms with E-state index in [-0.39, 0.29) is 19.0 Å². The Morgan fingerprint density at radius 3 is 2.41 bits per heavy atom. The number of anilines is 1. The van der Waals surface area contributed by atoms with Crippen LogP contribution in [-0.2, 0) is 23.9 Å². The van der Waals surface area contributed by atoms with Gasteiger partial charge in [-0.3, -0.25) is 19.3 Å². The van der Waals surface area contributed by atoms with Gasteiger partial charge >= 0.3 is 12.1 Å². The van der Waals surface area contributed by atoms with Crippen molar-refractivity contribution < 1.29 is 28.7 Å². The van der Waals surface area contributed by atoms with Crippen LogP contribution in [0, 0.1) is 5.92 Å². The number of fused-ring (bicyclic) bond motifs is 1. The summed E-state index contributed by atoms with van der Waals surface area (Å²) in [6.45, 7) is 5.79. The van der Waals surface area contributed by atoms with Crippen molar-refractivity contribution in [2.45, 2.75) is 46.8 Å². The number of likely N-dealkylation sites (tertiary alicyclic amines) is 1. The molecular formula is C30H31Cl3N4O6S3. The lowest BCUT2D eigenvalue weighted by atomic mass is 9.91. The molecule has 1 aromatic heterocycles. The number of esters is 1. The summed E-state index contributed by atoms with van der Waals surface area (Å²) in [6.07, 6.45) is 0.765. The number of carbonyl (C=O) groups excluding carboxylic acids is 4. The minimum absolute atomic E-state index is 0.325. The average Bonchev–Trinajstić information content (AvgIpc) is 3.40. The quantitative estimate of drug-likeness (QED) is 0.0942. The van der Waals surface area contributed by atoms with Gasteiger partial charge in [0.1, 0.15) is 30.7 Å². The fourth-order valence-electron chi connectivity index (χ4n) is 4.20. The standard InChI is InChI=1S/C30H31Cl3N4O6S3/c1-18(14-34-22(38)15-36(19-10-6-5-7-11-19)28(41)43-29(2,3)4)24-25(40)37(16-23(39)42-17-30(31,32)33)26(24)45-46-27-35-20-12-8-9-13-21(20)44-27/h5-14,24,26H,15-17H2,1-4H3,(H,34,38). The summed E-state index contributed by atoms with van der Waals surface area (Å²) in [5, 5.41) is 2.19. The minimum atomic E-state index is -1.79. The summed E-state index contributed by atoms with van der Waals surface area (Å²) in [4.78, 5) is 59.0. The zero-order valence-electron chi connectivity index (χ0n) is 25.2. The third kappa shape index (κ3) is 10.2. The van der Waals surface area contributed by atoms with Gasteiger partial charge in [0.25, 0.3) is 0 Å². The van der Waals surface area contributed by atoms with Crippen LogP contribution in [0.15, 0.2) is 70.7 Å². The summed E-state index contributed by atoms with van der Waals surface area (Å²) in [5.41, 5.74) is 1.13. The van der Waals surface area contributed by atoms with E-state index in [0.717, 1.165) is 14.6 Å². The Bertz CT molecular complexity index is 1580. The molecule has 4 rings (SSSR count). The highest BCUT2D eigenvalue weighted by Gasteiger charge is 2.50. The van der Waals surface area contributed by atoms with Gasteiger partial charge in [0.15, 0.2) is 4.34 Å². The first-order chi connectivity index (χ1) is 21.6. The molecule has 2 atom stereocenters. The second-order valence-corrected chi connectivity index (χ2v) is 17.2. The van der Waals surface area contributed by atoms with Gasteiger partial charge in [0, 0.05) is 11.9 Å². The van der Waals surface area contributed by atoms with Crippen molar-refractivity contribution in [2.24, 2.45) is 5.92 Å². The first-order valence-corrected chi connectivity index (χ1v) is 18.0. The van der Waals surface area contributed by atoms with Gasteiger partial charge in [-0.1, -0.05) is 75.9 Å². The zero-order valence-corrected chi connectivity index (χ0v) is 29.9. The second-order valence-electron chi connectivity index (χ2n) is 11.1. The maximum atomic E-state index is 13.3. The van der Waals surface area contributed by atoms with Crippen molar-refractivity contribution in [3.63, 3.8) is 0 Å². The van der Waals surface area contributed by atoms with Crippen LogP contribution in [0.25, 0.3) is 10.2 Å². The molecule has 10 nitrogen and oxygen atoms in total. The summed E-state index contributed by atoms with van der Waals surface area (Å²) < 4.78 is 10.6. The van der Waals surface area contributed by atoms with E-state index in [1.54, 1.807) is 58.0 Å². The molecule has 0 aliphatic carbocycles. The number of carbonyl (C=O) groups is 4. The molecule has 0 spiro atoms. The number of ether oxygens (including phenoxy) is 2. The van der Waals surface area contributed by atoms with Crippen LogP contribution in [0.3, 0.4) is 0 Å². The Kier molecular flexibility index (Phi) is 12.2. The first kappa shape index (κ1) is 36.2. The van der Waals surface area contributed by atoms with Gasteiger partial charge in [-0.05, 0) is 68.3 Å². The molecule has 16 heteroatoms. The maximum absolute atomic E-state index is 13.3. The Morgan fingerprint density at radius 2 is 1.76 bits per heavy atom. The molecule has 46 heavy (non-hydrogen) atoms. The van der Waals surface area contributed by atoms with Gasteiger partial charge < -0.3 is 19.7 Å². The van der Waals surface area contributed by atoms with Gasteiger partial charge in [0.05, 0.1) is 16.1 Å². The summed E-state index contributed by atoms with van der Waals surface area (Å²) in [5.74, 6) is -2.23. The number of hydrogen-bond donors (Lipinski definition) is 1. The number of amides is 3. The maximum Gasteiger partial charge on any atom is 0.415 e. The molecule has 0 radical (unpaired) electrons. The second kappa shape index (κ2) is 15.5. The number of nitrogens with zero attached hydrogens (tertiary/aromatic N) is 3. The van der Waals surface area contributed by atoms with Crippen LogP contribution in [0.1, 0.15) is 27.7 Å². The third-order valence-corrected chi connectivity index (χ3v) is 10.6. The lowest BCUT2D eigenvalue weighted by Crippen LogP contribution is -2.61. The molecule has 2 heterocycles. The Labute approximate surface area is 293 Å². The number of hydrogen-bond acceptors (Lipinski definition) is 10. The normalized spacial score (nSPS) is 17.0. The molecule has 1 N–H and O–H groups in total. The van der Waals surface area contributed by atoms with Gasteiger partial charge in [0.2, 0.25) is 15.6 Å². The van der Waals surface area contributed by atoms with Crippen molar-refractivity contribution in [3.8, 4) is 0 Å². The lowest BCUT2D eigenvalue weighted by molar-refractivity contribution is -0.158. The highest BCUT2D eigenvalue weighted by molar-refractivity contribution is 8.77. The Balaban J connectivity index is 1.46. The predicted molar refractivity (Wildman–Crippen MR) is 185 cm³/mol. The molecule has 1 saturated heterocycles. The number of β-lactam (4-membered cyclic amide) rings is 1. The smallest absolute Gasteiger partial charge is 0.415 e. The molecular weight excluding hydrogens is 715 g/mol. The minimum Gasteiger partial charge on any atom is -0.460 e. The third-order valence-electron chi connectivity index (χ3n) is 6.26. The van der Waals surface area contributed by atoms with Crippen LogP contribution in [0.4, 0.5) is 10.5 Å². The number of thiazole rings is 1. The number of benzene rings is 2. The van der Waals surface area contributed by atoms with E-state index < -0.39 is 45.3 Å². The highest BCUT2D eigenvalue weighted by atomic mass is 35.6. The Hall–Kier alpha value is -2.68. The van der Waals surface area contributed by atoms with Crippen molar-refractivity contribution >= 4 is 108 Å². The van der Waals surface area contributed by atoms with E-state index in [4.69, 9.17) is 44.3 Å². The molecule has 1 fully saturated rings. The highest BCUT2D eigenvalue weighted by Crippen LogP contribution is 2.48. The van der Waals surface area contributed by atoms with E-state index in [0.29, 0.717) is 11.3 Å². The van der Waals surface area contributed by atoms with Crippen molar-refractivity contribution in [2.75, 3.05) is 24.6 Å². The van der Waals surface area contributed by atoms with Crippen molar-refractivity contribution in [3.05, 3.63) is 66.4 Å². The van der Waals surface area contributed by atoms with Crippen molar-refractivity contribution in [1.29, 1.82) is 0 Å². The van der Waals surface area contributed by atoms with Crippen molar-refractivity contribution in [1.82, 2.24) is 15.2 Å². The number of nitrogens with one attached hydrogen (secondary N) is 1. The van der Waals surface area contributed by atoms with E-state index in [1.165, 1.54) is 48.9 Å². The lowest BCUT2D eigenvalue weighted by Gasteiger charge is -2.46. The molecule has 1 aliphatic rings. The molecule has 246 valence electrons. The topological polar surface area (TPSA) is 118 Å². The van der Waals surface area contributed by atoms with Gasteiger partial charge in [-0.15, -0.1) is 11.3 Å². The number of alkyl halides is 3. The van der Waals surface area contributed by atoms with Crippen LogP contribution >= 0.6 is 67.7 Å². The number of halogens is 3. The number of aromatic nitrogens is 1.